The topological polar surface area (TPSA) is 70.7 Å². The van der Waals surface area contributed by atoms with E-state index in [1.165, 1.54) is 6.33 Å². The summed E-state index contributed by atoms with van der Waals surface area (Å²) >= 11 is 0. The molecule has 2 rings (SSSR count). The first-order valence-electron chi connectivity index (χ1n) is 5.39. The van der Waals surface area contributed by atoms with E-state index in [0.717, 1.165) is 17.0 Å². The normalized spacial score (nSPS) is 10.7. The van der Waals surface area contributed by atoms with Gasteiger partial charge in [-0.1, -0.05) is 0 Å². The molecule has 0 aliphatic carbocycles. The average Bonchev–Trinajstić information content (AvgIpc) is 2.72. The third-order valence-corrected chi connectivity index (χ3v) is 2.54. The Labute approximate surface area is 98.5 Å². The summed E-state index contributed by atoms with van der Waals surface area (Å²) in [5.41, 5.74) is 1.76. The van der Waals surface area contributed by atoms with Gasteiger partial charge in [0.1, 0.15) is 18.7 Å². The minimum atomic E-state index is -0.860. The van der Waals surface area contributed by atoms with E-state index in [2.05, 4.69) is 10.1 Å². The second kappa shape index (κ2) is 4.40. The molecule has 0 atom stereocenters. The summed E-state index contributed by atoms with van der Waals surface area (Å²) in [6, 6.07) is 3.82. The Bertz CT molecular complexity index is 549. The van der Waals surface area contributed by atoms with E-state index in [0.29, 0.717) is 6.54 Å². The number of aliphatic carboxylic acids is 1. The Morgan fingerprint density at radius 1 is 1.53 bits per heavy atom. The van der Waals surface area contributed by atoms with E-state index in [-0.39, 0.29) is 6.54 Å². The SMILES string of the molecule is CCN(CC(=O)O)c1cc(C)cc2ncnn12. The van der Waals surface area contributed by atoms with Crippen LogP contribution in [0.5, 0.6) is 0 Å². The van der Waals surface area contributed by atoms with Crippen molar-refractivity contribution in [2.24, 2.45) is 0 Å². The van der Waals surface area contributed by atoms with Crippen molar-refractivity contribution in [3.05, 3.63) is 24.0 Å². The molecule has 0 saturated carbocycles. The summed E-state index contributed by atoms with van der Waals surface area (Å²) in [5, 5.41) is 13.0. The molecule has 0 radical (unpaired) electrons. The molecule has 6 heteroatoms. The highest BCUT2D eigenvalue weighted by molar-refractivity contribution is 5.73. The maximum Gasteiger partial charge on any atom is 0.323 e. The van der Waals surface area contributed by atoms with Gasteiger partial charge in [0.15, 0.2) is 5.65 Å². The van der Waals surface area contributed by atoms with Crippen molar-refractivity contribution >= 4 is 17.4 Å². The van der Waals surface area contributed by atoms with Crippen LogP contribution >= 0.6 is 0 Å². The highest BCUT2D eigenvalue weighted by Gasteiger charge is 2.13. The molecule has 0 aromatic carbocycles. The Morgan fingerprint density at radius 2 is 2.29 bits per heavy atom. The van der Waals surface area contributed by atoms with Crippen LogP contribution in [-0.4, -0.2) is 38.8 Å². The van der Waals surface area contributed by atoms with Gasteiger partial charge in [-0.2, -0.15) is 9.61 Å². The van der Waals surface area contributed by atoms with E-state index >= 15 is 0 Å². The van der Waals surface area contributed by atoms with Crippen LogP contribution in [0.2, 0.25) is 0 Å². The van der Waals surface area contributed by atoms with Crippen molar-refractivity contribution in [3.8, 4) is 0 Å². The number of hydrogen-bond donors (Lipinski definition) is 1. The average molecular weight is 234 g/mol. The number of aromatic nitrogens is 3. The lowest BCUT2D eigenvalue weighted by atomic mass is 10.2. The predicted octanol–water partition coefficient (Wildman–Crippen LogP) is 0.949. The largest absolute Gasteiger partial charge is 0.480 e. The molecule has 0 amide bonds. The molecule has 6 nitrogen and oxygen atoms in total. The number of anilines is 1. The molecule has 0 fully saturated rings. The van der Waals surface area contributed by atoms with Gasteiger partial charge in [0.05, 0.1) is 0 Å². The number of fused-ring (bicyclic) bond motifs is 1. The summed E-state index contributed by atoms with van der Waals surface area (Å²) in [7, 11) is 0. The van der Waals surface area contributed by atoms with Gasteiger partial charge < -0.3 is 10.0 Å². The molecule has 0 aliphatic heterocycles. The van der Waals surface area contributed by atoms with Gasteiger partial charge in [0.25, 0.3) is 0 Å². The maximum atomic E-state index is 10.8. The van der Waals surface area contributed by atoms with Crippen LogP contribution < -0.4 is 4.90 Å². The molecule has 0 bridgehead atoms. The molecule has 0 spiro atoms. The van der Waals surface area contributed by atoms with Crippen molar-refractivity contribution in [1.29, 1.82) is 0 Å². The van der Waals surface area contributed by atoms with Crippen molar-refractivity contribution in [2.45, 2.75) is 13.8 Å². The lowest BCUT2D eigenvalue weighted by Crippen LogP contribution is -2.31. The Kier molecular flexibility index (Phi) is 2.95. The molecule has 17 heavy (non-hydrogen) atoms. The zero-order valence-electron chi connectivity index (χ0n) is 9.79. The monoisotopic (exact) mass is 234 g/mol. The molecule has 2 aromatic heterocycles. The van der Waals surface area contributed by atoms with Crippen LogP contribution in [0.25, 0.3) is 5.65 Å². The molecule has 0 saturated heterocycles. The van der Waals surface area contributed by atoms with E-state index in [1.807, 2.05) is 26.0 Å². The van der Waals surface area contributed by atoms with Crippen LogP contribution in [0.1, 0.15) is 12.5 Å². The zero-order chi connectivity index (χ0) is 12.4. The standard InChI is InChI=1S/C11H14N4O2/c1-3-14(6-11(16)17)10-5-8(2)4-9-12-7-13-15(9)10/h4-5,7H,3,6H2,1-2H3,(H,16,17). The molecular weight excluding hydrogens is 220 g/mol. The van der Waals surface area contributed by atoms with Gasteiger partial charge >= 0.3 is 5.97 Å². The first-order valence-corrected chi connectivity index (χ1v) is 5.39. The number of carboxylic acid groups (broad SMARTS) is 1. The number of aryl methyl sites for hydroxylation is 1. The molecular formula is C11H14N4O2. The summed E-state index contributed by atoms with van der Waals surface area (Å²) < 4.78 is 1.65. The van der Waals surface area contributed by atoms with Crippen molar-refractivity contribution in [1.82, 2.24) is 14.6 Å². The molecule has 0 unspecified atom stereocenters. The Morgan fingerprint density at radius 3 is 2.94 bits per heavy atom. The van der Waals surface area contributed by atoms with Crippen LogP contribution in [0, 0.1) is 6.92 Å². The fraction of sp³-hybridized carbons (Fsp3) is 0.364. The highest BCUT2D eigenvalue weighted by Crippen LogP contribution is 2.17. The quantitative estimate of drug-likeness (QED) is 0.852. The van der Waals surface area contributed by atoms with Crippen LogP contribution in [0.4, 0.5) is 5.82 Å². The van der Waals surface area contributed by atoms with Gasteiger partial charge in [-0.3, -0.25) is 4.79 Å². The van der Waals surface area contributed by atoms with Crippen LogP contribution in [0.15, 0.2) is 18.5 Å². The second-order valence-corrected chi connectivity index (χ2v) is 3.83. The first-order chi connectivity index (χ1) is 8.11. The van der Waals surface area contributed by atoms with Crippen molar-refractivity contribution < 1.29 is 9.90 Å². The van der Waals surface area contributed by atoms with Crippen molar-refractivity contribution in [3.63, 3.8) is 0 Å². The number of nitrogens with zero attached hydrogens (tertiary/aromatic N) is 4. The summed E-state index contributed by atoms with van der Waals surface area (Å²) in [6.45, 7) is 4.42. The lowest BCUT2D eigenvalue weighted by Gasteiger charge is -2.21. The molecule has 2 aromatic rings. The fourth-order valence-corrected chi connectivity index (χ4v) is 1.78. The number of likely N-dealkylation sites (N-methyl/N-ethyl adjacent to an activating group) is 1. The Balaban J connectivity index is 2.51. The molecule has 2 heterocycles. The minimum absolute atomic E-state index is 0.0467. The van der Waals surface area contributed by atoms with Gasteiger partial charge in [-0.05, 0) is 31.5 Å². The van der Waals surface area contributed by atoms with Crippen LogP contribution in [-0.2, 0) is 4.79 Å². The van der Waals surface area contributed by atoms with E-state index < -0.39 is 5.97 Å². The van der Waals surface area contributed by atoms with Crippen LogP contribution in [0.3, 0.4) is 0 Å². The summed E-state index contributed by atoms with van der Waals surface area (Å²) in [6.07, 6.45) is 1.47. The van der Waals surface area contributed by atoms with E-state index in [9.17, 15) is 4.79 Å². The number of carbonyl (C=O) groups is 1. The van der Waals surface area contributed by atoms with Gasteiger partial charge in [0.2, 0.25) is 0 Å². The lowest BCUT2D eigenvalue weighted by molar-refractivity contribution is -0.135. The fourth-order valence-electron chi connectivity index (χ4n) is 1.78. The van der Waals surface area contributed by atoms with E-state index in [4.69, 9.17) is 5.11 Å². The maximum absolute atomic E-state index is 10.8. The Hall–Kier alpha value is -2.11. The molecule has 90 valence electrons. The summed E-state index contributed by atoms with van der Waals surface area (Å²) in [5.74, 6) is -0.107. The summed E-state index contributed by atoms with van der Waals surface area (Å²) in [4.78, 5) is 16.7. The number of carboxylic acids is 1. The number of hydrogen-bond acceptors (Lipinski definition) is 4. The number of pyridine rings is 1. The van der Waals surface area contributed by atoms with E-state index in [1.54, 1.807) is 9.42 Å². The highest BCUT2D eigenvalue weighted by atomic mass is 16.4. The smallest absolute Gasteiger partial charge is 0.323 e. The minimum Gasteiger partial charge on any atom is -0.480 e. The third kappa shape index (κ3) is 2.20. The zero-order valence-corrected chi connectivity index (χ0v) is 9.79. The van der Waals surface area contributed by atoms with Gasteiger partial charge in [-0.15, -0.1) is 0 Å². The second-order valence-electron chi connectivity index (χ2n) is 3.83. The number of rotatable bonds is 4. The first kappa shape index (κ1) is 11.4. The van der Waals surface area contributed by atoms with Gasteiger partial charge in [0, 0.05) is 6.54 Å². The molecule has 1 N–H and O–H groups in total. The van der Waals surface area contributed by atoms with Gasteiger partial charge in [-0.25, -0.2) is 4.98 Å². The predicted molar refractivity (Wildman–Crippen MR) is 63.2 cm³/mol. The third-order valence-electron chi connectivity index (χ3n) is 2.54. The molecule has 0 aliphatic rings. The van der Waals surface area contributed by atoms with Crippen molar-refractivity contribution in [2.75, 3.05) is 18.0 Å².